The highest BCUT2D eigenvalue weighted by atomic mass is 16.4. The lowest BCUT2D eigenvalue weighted by atomic mass is 10.0. The van der Waals surface area contributed by atoms with E-state index in [-0.39, 0.29) is 6.10 Å². The van der Waals surface area contributed by atoms with Gasteiger partial charge in [-0.3, -0.25) is 4.79 Å². The first kappa shape index (κ1) is 32.4. The smallest absolute Gasteiger partial charge is 0.303 e. The summed E-state index contributed by atoms with van der Waals surface area (Å²) in [5.74, 6) is -0.671. The molecule has 0 radical (unpaired) electrons. The summed E-state index contributed by atoms with van der Waals surface area (Å²) in [6, 6.07) is 0. The van der Waals surface area contributed by atoms with E-state index in [0.29, 0.717) is 6.42 Å². The van der Waals surface area contributed by atoms with Crippen LogP contribution in [0.2, 0.25) is 0 Å². The molecule has 0 heterocycles. The van der Waals surface area contributed by atoms with Crippen LogP contribution < -0.4 is 0 Å². The predicted molar refractivity (Wildman–Crippen MR) is 143 cm³/mol. The Bertz CT molecular complexity index is 425. The standard InChI is InChI=1S/C29H59NO3/c1-4-5-6-7-8-9-10-11-12-15-18-21-24-28(31)27-30(2,3)26-23-20-17-14-13-16-19-22-25-29(32)33/h28,31H,4-27H2,1-3H3/p+1. The highest BCUT2D eigenvalue weighted by Crippen LogP contribution is 2.15. The van der Waals surface area contributed by atoms with Gasteiger partial charge in [0.15, 0.2) is 0 Å². The molecule has 0 spiro atoms. The molecular formula is C29H60NO3+. The minimum Gasteiger partial charge on any atom is -0.481 e. The van der Waals surface area contributed by atoms with E-state index in [2.05, 4.69) is 21.0 Å². The van der Waals surface area contributed by atoms with Crippen LogP contribution in [-0.2, 0) is 4.79 Å². The fourth-order valence-corrected chi connectivity index (χ4v) is 4.85. The molecule has 2 N–H and O–H groups in total. The van der Waals surface area contributed by atoms with Crippen molar-refractivity contribution < 1.29 is 19.5 Å². The van der Waals surface area contributed by atoms with Gasteiger partial charge >= 0.3 is 5.97 Å². The zero-order valence-electron chi connectivity index (χ0n) is 22.8. The SMILES string of the molecule is CCCCCCCCCCCCCCC(O)C[N+](C)(C)CCCCCCCCCCC(=O)O. The van der Waals surface area contributed by atoms with Crippen LogP contribution in [0.5, 0.6) is 0 Å². The van der Waals surface area contributed by atoms with Gasteiger partial charge in [0.05, 0.1) is 20.6 Å². The van der Waals surface area contributed by atoms with Crippen LogP contribution in [0.1, 0.15) is 148 Å². The van der Waals surface area contributed by atoms with E-state index >= 15 is 0 Å². The average molecular weight is 471 g/mol. The Kier molecular flexibility index (Phi) is 22.7. The number of rotatable bonds is 26. The topological polar surface area (TPSA) is 57.5 Å². The van der Waals surface area contributed by atoms with Crippen LogP contribution in [0, 0.1) is 0 Å². The number of carboxylic acids is 1. The number of unbranched alkanes of at least 4 members (excludes halogenated alkanes) is 18. The summed E-state index contributed by atoms with van der Waals surface area (Å²) in [6.07, 6.45) is 26.8. The van der Waals surface area contributed by atoms with Gasteiger partial charge in [0, 0.05) is 6.42 Å². The minimum absolute atomic E-state index is 0.158. The summed E-state index contributed by atoms with van der Waals surface area (Å²) in [5, 5.41) is 19.1. The molecule has 1 atom stereocenters. The average Bonchev–Trinajstić information content (AvgIpc) is 2.75. The summed E-state index contributed by atoms with van der Waals surface area (Å²) >= 11 is 0. The molecule has 0 aromatic rings. The number of carboxylic acid groups (broad SMARTS) is 1. The molecule has 0 amide bonds. The molecule has 0 bridgehead atoms. The molecule has 0 fully saturated rings. The summed E-state index contributed by atoms with van der Waals surface area (Å²) in [6.45, 7) is 4.30. The second-order valence-electron chi connectivity index (χ2n) is 11.1. The Morgan fingerprint density at radius 2 is 1.03 bits per heavy atom. The summed E-state index contributed by atoms with van der Waals surface area (Å²) in [4.78, 5) is 10.5. The third-order valence-corrected chi connectivity index (χ3v) is 7.00. The quantitative estimate of drug-likeness (QED) is 0.0991. The molecule has 0 saturated carbocycles. The third kappa shape index (κ3) is 25.8. The molecule has 0 rings (SSSR count). The second-order valence-corrected chi connectivity index (χ2v) is 11.1. The van der Waals surface area contributed by atoms with Crippen LogP contribution >= 0.6 is 0 Å². The van der Waals surface area contributed by atoms with Crippen molar-refractivity contribution in [2.75, 3.05) is 27.2 Å². The van der Waals surface area contributed by atoms with Gasteiger partial charge in [0.25, 0.3) is 0 Å². The maximum atomic E-state index is 10.5. The van der Waals surface area contributed by atoms with Crippen molar-refractivity contribution in [1.82, 2.24) is 0 Å². The van der Waals surface area contributed by atoms with Gasteiger partial charge in [0.1, 0.15) is 12.6 Å². The molecule has 1 unspecified atom stereocenters. The summed E-state index contributed by atoms with van der Waals surface area (Å²) < 4.78 is 0.925. The van der Waals surface area contributed by atoms with Crippen molar-refractivity contribution >= 4 is 5.97 Å². The number of hydrogen-bond acceptors (Lipinski definition) is 2. The Hall–Kier alpha value is -0.610. The number of quaternary nitrogens is 1. The van der Waals surface area contributed by atoms with Crippen molar-refractivity contribution in [1.29, 1.82) is 0 Å². The number of aliphatic hydroxyl groups excluding tert-OH is 1. The van der Waals surface area contributed by atoms with Gasteiger partial charge in [-0.2, -0.15) is 0 Å². The Morgan fingerprint density at radius 3 is 1.48 bits per heavy atom. The highest BCUT2D eigenvalue weighted by molar-refractivity contribution is 5.66. The molecule has 0 aliphatic rings. The van der Waals surface area contributed by atoms with Gasteiger partial charge in [-0.1, -0.05) is 116 Å². The van der Waals surface area contributed by atoms with Crippen molar-refractivity contribution in [2.45, 2.75) is 154 Å². The van der Waals surface area contributed by atoms with Crippen molar-refractivity contribution in [3.63, 3.8) is 0 Å². The second kappa shape index (κ2) is 23.1. The fourth-order valence-electron chi connectivity index (χ4n) is 4.85. The number of nitrogens with zero attached hydrogens (tertiary/aromatic N) is 1. The fraction of sp³-hybridized carbons (Fsp3) is 0.966. The van der Waals surface area contributed by atoms with E-state index in [1.165, 1.54) is 116 Å². The molecule has 0 aliphatic carbocycles. The number of hydrogen-bond donors (Lipinski definition) is 2. The lowest BCUT2D eigenvalue weighted by Crippen LogP contribution is -2.45. The van der Waals surface area contributed by atoms with Crippen molar-refractivity contribution in [2.24, 2.45) is 0 Å². The largest absolute Gasteiger partial charge is 0.481 e. The molecule has 0 aromatic carbocycles. The van der Waals surface area contributed by atoms with Crippen LogP contribution in [0.3, 0.4) is 0 Å². The Balaban J connectivity index is 3.47. The summed E-state index contributed by atoms with van der Waals surface area (Å²) in [5.41, 5.74) is 0. The molecule has 0 aliphatic heterocycles. The van der Waals surface area contributed by atoms with Crippen LogP contribution in [0.15, 0.2) is 0 Å². The maximum absolute atomic E-state index is 10.5. The first-order valence-electron chi connectivity index (χ1n) is 14.6. The van der Waals surface area contributed by atoms with E-state index in [1.807, 2.05) is 0 Å². The first-order valence-corrected chi connectivity index (χ1v) is 14.6. The van der Waals surface area contributed by atoms with Crippen LogP contribution in [-0.4, -0.2) is 54.0 Å². The number of aliphatic hydroxyl groups is 1. The molecule has 0 saturated heterocycles. The van der Waals surface area contributed by atoms with E-state index in [1.54, 1.807) is 0 Å². The normalized spacial score (nSPS) is 12.8. The molecule has 198 valence electrons. The van der Waals surface area contributed by atoms with Gasteiger partial charge < -0.3 is 14.7 Å². The number of aliphatic carboxylic acids is 1. The minimum atomic E-state index is -0.671. The van der Waals surface area contributed by atoms with Crippen LogP contribution in [0.25, 0.3) is 0 Å². The van der Waals surface area contributed by atoms with Crippen molar-refractivity contribution in [3.05, 3.63) is 0 Å². The van der Waals surface area contributed by atoms with Crippen LogP contribution in [0.4, 0.5) is 0 Å². The van der Waals surface area contributed by atoms with E-state index in [0.717, 1.165) is 36.8 Å². The van der Waals surface area contributed by atoms with E-state index in [4.69, 9.17) is 5.11 Å². The lowest BCUT2D eigenvalue weighted by Gasteiger charge is -2.32. The zero-order valence-corrected chi connectivity index (χ0v) is 22.8. The number of carbonyl (C=O) groups is 1. The lowest BCUT2D eigenvalue weighted by molar-refractivity contribution is -0.893. The Morgan fingerprint density at radius 1 is 0.636 bits per heavy atom. The highest BCUT2D eigenvalue weighted by Gasteiger charge is 2.19. The number of likely N-dealkylation sites (N-methyl/N-ethyl adjacent to an activating group) is 1. The molecule has 4 heteroatoms. The molecular weight excluding hydrogens is 410 g/mol. The maximum Gasteiger partial charge on any atom is 0.303 e. The third-order valence-electron chi connectivity index (χ3n) is 7.00. The molecule has 0 aromatic heterocycles. The van der Waals surface area contributed by atoms with Gasteiger partial charge in [-0.15, -0.1) is 0 Å². The summed E-state index contributed by atoms with van der Waals surface area (Å²) in [7, 11) is 4.52. The Labute approximate surface area is 207 Å². The first-order chi connectivity index (χ1) is 15.9. The predicted octanol–water partition coefficient (Wildman–Crippen LogP) is 8.11. The van der Waals surface area contributed by atoms with Crippen molar-refractivity contribution in [3.8, 4) is 0 Å². The van der Waals surface area contributed by atoms with E-state index < -0.39 is 5.97 Å². The van der Waals surface area contributed by atoms with Gasteiger partial charge in [-0.05, 0) is 25.7 Å². The monoisotopic (exact) mass is 470 g/mol. The zero-order chi connectivity index (χ0) is 24.6. The molecule has 33 heavy (non-hydrogen) atoms. The van der Waals surface area contributed by atoms with E-state index in [9.17, 15) is 9.90 Å². The molecule has 4 nitrogen and oxygen atoms in total. The van der Waals surface area contributed by atoms with Gasteiger partial charge in [-0.25, -0.2) is 0 Å². The van der Waals surface area contributed by atoms with Gasteiger partial charge in [0.2, 0.25) is 0 Å².